The molecule has 2 fully saturated rings. The first-order chi connectivity index (χ1) is 10.2. The lowest BCUT2D eigenvalue weighted by Crippen LogP contribution is -2.49. The lowest BCUT2D eigenvalue weighted by molar-refractivity contribution is 0.0601. The summed E-state index contributed by atoms with van der Waals surface area (Å²) in [4.78, 5) is 18.7. The maximum Gasteiger partial charge on any atom is 0.341 e. The number of carbonyl (C=O) groups is 1. The van der Waals surface area contributed by atoms with E-state index in [9.17, 15) is 4.79 Å². The molecular weight excluding hydrogens is 266 g/mol. The summed E-state index contributed by atoms with van der Waals surface area (Å²) in [5.41, 5.74) is 0.563. The number of ether oxygens (including phenoxy) is 1. The first-order valence-electron chi connectivity index (χ1n) is 7.79. The molecule has 1 aromatic heterocycles. The van der Waals surface area contributed by atoms with Crippen molar-refractivity contribution in [1.29, 1.82) is 0 Å². The molecule has 5 heteroatoms. The molecule has 0 amide bonds. The molecule has 2 bridgehead atoms. The van der Waals surface area contributed by atoms with Gasteiger partial charge in [0.05, 0.1) is 7.11 Å². The zero-order valence-corrected chi connectivity index (χ0v) is 12.7. The summed E-state index contributed by atoms with van der Waals surface area (Å²) in [5.74, 6) is 0.451. The standard InChI is InChI=1S/C16H23N3O2/c1-3-19(13-9-11-6-7-12(10-13)18-11)15-14(16(20)21-2)5-4-8-17-15/h4-5,8,11-13,18H,3,6-7,9-10H2,1-2H3. The molecule has 0 saturated carbocycles. The van der Waals surface area contributed by atoms with E-state index >= 15 is 0 Å². The number of methoxy groups -OCH3 is 1. The van der Waals surface area contributed by atoms with Crippen molar-refractivity contribution in [3.05, 3.63) is 23.9 Å². The minimum absolute atomic E-state index is 0.312. The van der Waals surface area contributed by atoms with Gasteiger partial charge in [0, 0.05) is 30.9 Å². The van der Waals surface area contributed by atoms with Gasteiger partial charge in [-0.3, -0.25) is 0 Å². The average Bonchev–Trinajstić information content (AvgIpc) is 2.86. The summed E-state index contributed by atoms with van der Waals surface area (Å²) >= 11 is 0. The van der Waals surface area contributed by atoms with Crippen molar-refractivity contribution >= 4 is 11.8 Å². The molecule has 2 aliphatic heterocycles. The number of fused-ring (bicyclic) bond motifs is 2. The molecular formula is C16H23N3O2. The third-order valence-electron chi connectivity index (χ3n) is 4.69. The number of rotatable bonds is 4. The molecule has 2 saturated heterocycles. The van der Waals surface area contributed by atoms with Crippen LogP contribution in [0.5, 0.6) is 0 Å². The lowest BCUT2D eigenvalue weighted by atomic mass is 9.97. The number of anilines is 1. The summed E-state index contributed by atoms with van der Waals surface area (Å²) in [7, 11) is 1.42. The predicted molar refractivity (Wildman–Crippen MR) is 81.6 cm³/mol. The van der Waals surface area contributed by atoms with Gasteiger partial charge in [-0.25, -0.2) is 9.78 Å². The molecule has 21 heavy (non-hydrogen) atoms. The highest BCUT2D eigenvalue weighted by molar-refractivity contribution is 5.94. The van der Waals surface area contributed by atoms with Gasteiger partial charge in [-0.15, -0.1) is 0 Å². The predicted octanol–water partition coefficient (Wildman–Crippen LogP) is 1.98. The van der Waals surface area contributed by atoms with Gasteiger partial charge in [-0.05, 0) is 44.7 Å². The molecule has 0 aliphatic carbocycles. The van der Waals surface area contributed by atoms with E-state index < -0.39 is 0 Å². The van der Waals surface area contributed by atoms with Crippen molar-refractivity contribution in [2.24, 2.45) is 0 Å². The summed E-state index contributed by atoms with van der Waals surface area (Å²) in [6.07, 6.45) is 6.54. The van der Waals surface area contributed by atoms with Gasteiger partial charge in [0.2, 0.25) is 0 Å². The molecule has 114 valence electrons. The number of piperidine rings is 1. The van der Waals surface area contributed by atoms with Gasteiger partial charge in [0.1, 0.15) is 11.4 Å². The van der Waals surface area contributed by atoms with Crippen LogP contribution in [0.15, 0.2) is 18.3 Å². The first-order valence-corrected chi connectivity index (χ1v) is 7.79. The molecule has 0 aromatic carbocycles. The van der Waals surface area contributed by atoms with Gasteiger partial charge < -0.3 is 15.0 Å². The second kappa shape index (κ2) is 6.02. The Morgan fingerprint density at radius 1 is 1.43 bits per heavy atom. The third kappa shape index (κ3) is 2.75. The number of hydrogen-bond donors (Lipinski definition) is 1. The Morgan fingerprint density at radius 3 is 2.76 bits per heavy atom. The summed E-state index contributed by atoms with van der Waals surface area (Å²) < 4.78 is 4.90. The molecule has 0 radical (unpaired) electrons. The largest absolute Gasteiger partial charge is 0.465 e. The van der Waals surface area contributed by atoms with Gasteiger partial charge in [-0.1, -0.05) is 0 Å². The fraction of sp³-hybridized carbons (Fsp3) is 0.625. The van der Waals surface area contributed by atoms with E-state index in [0.29, 0.717) is 23.7 Å². The van der Waals surface area contributed by atoms with Crippen LogP contribution in [-0.4, -0.2) is 42.7 Å². The zero-order chi connectivity index (χ0) is 14.8. The van der Waals surface area contributed by atoms with Crippen molar-refractivity contribution in [3.8, 4) is 0 Å². The van der Waals surface area contributed by atoms with Gasteiger partial charge in [0.25, 0.3) is 0 Å². The number of aromatic nitrogens is 1. The van der Waals surface area contributed by atoms with Crippen LogP contribution in [0.4, 0.5) is 5.82 Å². The normalized spacial score (nSPS) is 27.4. The second-order valence-corrected chi connectivity index (χ2v) is 5.92. The number of esters is 1. The Labute approximate surface area is 125 Å². The van der Waals surface area contributed by atoms with Crippen LogP contribution in [0.2, 0.25) is 0 Å². The Kier molecular flexibility index (Phi) is 4.10. The molecule has 1 N–H and O–H groups in total. The van der Waals surface area contributed by atoms with Crippen molar-refractivity contribution in [1.82, 2.24) is 10.3 Å². The van der Waals surface area contributed by atoms with Gasteiger partial charge in [0.15, 0.2) is 0 Å². The van der Waals surface area contributed by atoms with E-state index in [2.05, 4.69) is 22.1 Å². The lowest BCUT2D eigenvalue weighted by Gasteiger charge is -2.38. The number of nitrogens with zero attached hydrogens (tertiary/aromatic N) is 2. The summed E-state index contributed by atoms with van der Waals surface area (Å²) in [5, 5.41) is 3.66. The Bertz CT molecular complexity index is 508. The quantitative estimate of drug-likeness (QED) is 0.859. The third-order valence-corrected chi connectivity index (χ3v) is 4.69. The van der Waals surface area contributed by atoms with Crippen molar-refractivity contribution in [3.63, 3.8) is 0 Å². The topological polar surface area (TPSA) is 54.5 Å². The number of hydrogen-bond acceptors (Lipinski definition) is 5. The molecule has 0 spiro atoms. The van der Waals surface area contributed by atoms with E-state index in [-0.39, 0.29) is 5.97 Å². The van der Waals surface area contributed by atoms with Crippen molar-refractivity contribution < 1.29 is 9.53 Å². The van der Waals surface area contributed by atoms with Crippen LogP contribution >= 0.6 is 0 Å². The smallest absolute Gasteiger partial charge is 0.341 e. The maximum atomic E-state index is 12.0. The Hall–Kier alpha value is -1.62. The molecule has 2 unspecified atom stereocenters. The van der Waals surface area contributed by atoms with Crippen LogP contribution in [0.25, 0.3) is 0 Å². The number of nitrogens with one attached hydrogen (secondary N) is 1. The fourth-order valence-corrected chi connectivity index (χ4v) is 3.76. The molecule has 3 heterocycles. The summed E-state index contributed by atoms with van der Waals surface area (Å²) in [6.45, 7) is 2.98. The molecule has 5 nitrogen and oxygen atoms in total. The molecule has 2 atom stereocenters. The highest BCUT2D eigenvalue weighted by Crippen LogP contribution is 2.32. The van der Waals surface area contributed by atoms with Crippen LogP contribution in [-0.2, 0) is 4.74 Å². The molecule has 3 rings (SSSR count). The van der Waals surface area contributed by atoms with Gasteiger partial charge >= 0.3 is 5.97 Å². The Morgan fingerprint density at radius 2 is 2.14 bits per heavy atom. The van der Waals surface area contributed by atoms with Crippen LogP contribution < -0.4 is 10.2 Å². The van der Waals surface area contributed by atoms with Crippen molar-refractivity contribution in [2.75, 3.05) is 18.6 Å². The zero-order valence-electron chi connectivity index (χ0n) is 12.7. The monoisotopic (exact) mass is 289 g/mol. The van der Waals surface area contributed by atoms with Crippen LogP contribution in [0.3, 0.4) is 0 Å². The number of carbonyl (C=O) groups excluding carboxylic acids is 1. The molecule has 2 aliphatic rings. The minimum atomic E-state index is -0.312. The maximum absolute atomic E-state index is 12.0. The second-order valence-electron chi connectivity index (χ2n) is 5.92. The average molecular weight is 289 g/mol. The van der Waals surface area contributed by atoms with Crippen molar-refractivity contribution in [2.45, 2.75) is 50.7 Å². The fourth-order valence-electron chi connectivity index (χ4n) is 3.76. The van der Waals surface area contributed by atoms with Gasteiger partial charge in [-0.2, -0.15) is 0 Å². The minimum Gasteiger partial charge on any atom is -0.465 e. The Balaban J connectivity index is 1.88. The van der Waals surface area contributed by atoms with E-state index in [0.717, 1.165) is 25.2 Å². The van der Waals surface area contributed by atoms with E-state index in [4.69, 9.17) is 4.74 Å². The highest BCUT2D eigenvalue weighted by Gasteiger charge is 2.36. The number of pyridine rings is 1. The van der Waals surface area contributed by atoms with E-state index in [1.54, 1.807) is 18.3 Å². The summed E-state index contributed by atoms with van der Waals surface area (Å²) in [6, 6.07) is 5.27. The van der Waals surface area contributed by atoms with Crippen LogP contribution in [0.1, 0.15) is 43.0 Å². The molecule has 1 aromatic rings. The van der Waals surface area contributed by atoms with E-state index in [1.807, 2.05) is 0 Å². The highest BCUT2D eigenvalue weighted by atomic mass is 16.5. The van der Waals surface area contributed by atoms with Crippen LogP contribution in [0, 0.1) is 0 Å². The SMILES string of the molecule is CCN(c1ncccc1C(=O)OC)C1CC2CCC(C1)N2. The van der Waals surface area contributed by atoms with E-state index in [1.165, 1.54) is 20.0 Å². The first kappa shape index (κ1) is 14.3.